The number of ether oxygens (including phenoxy) is 2. The Labute approximate surface area is 255 Å². The highest BCUT2D eigenvalue weighted by molar-refractivity contribution is 9.10. The second-order valence-electron chi connectivity index (χ2n) is 11.8. The van der Waals surface area contributed by atoms with E-state index in [0.717, 1.165) is 51.0 Å². The van der Waals surface area contributed by atoms with Gasteiger partial charge in [-0.1, -0.05) is 25.7 Å². The smallest absolute Gasteiger partial charge is 0.222 e. The van der Waals surface area contributed by atoms with E-state index in [1.54, 1.807) is 12.3 Å². The summed E-state index contributed by atoms with van der Waals surface area (Å²) in [5.41, 5.74) is 3.44. The fourth-order valence-corrected chi connectivity index (χ4v) is 6.92. The molecule has 0 bridgehead atoms. The number of nitrogens with zero attached hydrogens (tertiary/aromatic N) is 4. The number of carbonyl (C=O) groups is 1. The van der Waals surface area contributed by atoms with Crippen LogP contribution in [0.4, 0.5) is 0 Å². The molecule has 0 N–H and O–H groups in total. The van der Waals surface area contributed by atoms with Crippen LogP contribution < -0.4 is 4.74 Å². The number of carbonyl (C=O) groups excluding carboxylic acids is 1. The molecule has 4 heterocycles. The molecule has 5 rings (SSSR count). The van der Waals surface area contributed by atoms with Gasteiger partial charge in [0.25, 0.3) is 0 Å². The number of hydrogen-bond acceptors (Lipinski definition) is 7. The Bertz CT molecular complexity index is 1700. The number of pyridine rings is 2. The minimum absolute atomic E-state index is 0.0258. The highest BCUT2D eigenvalue weighted by Crippen LogP contribution is 2.41. The second kappa shape index (κ2) is 12.3. The number of likely N-dealkylation sites (tertiary alicyclic amines) is 1. The first-order valence-electron chi connectivity index (χ1n) is 13.9. The summed E-state index contributed by atoms with van der Waals surface area (Å²) in [6.07, 6.45) is 5.64. The Balaban J connectivity index is 1.61. The summed E-state index contributed by atoms with van der Waals surface area (Å²) in [6, 6.07) is 13.9. The largest absolute Gasteiger partial charge is 0.455 e. The standard InChI is InChI=1S/C30H35BrN4O5SSi/c1-41(37,38)27-11-10-22(18-33-27)40-26-17-23-25(16-21(26)19-34-13-7-9-28(34)36)35(20-39-14-15-42(2,3)4)30(29(23)31)24-8-5-6-12-32-24/h5-6,8,10-12,16-18H,7,9,13-15,19-20H2,1-4H3. The summed E-state index contributed by atoms with van der Waals surface area (Å²) < 4.78 is 39.3. The minimum Gasteiger partial charge on any atom is -0.455 e. The van der Waals surface area contributed by atoms with Gasteiger partial charge < -0.3 is 18.9 Å². The quantitative estimate of drug-likeness (QED) is 0.133. The van der Waals surface area contributed by atoms with Crippen LogP contribution in [0.5, 0.6) is 11.5 Å². The molecule has 9 nitrogen and oxygen atoms in total. The van der Waals surface area contributed by atoms with Crippen molar-refractivity contribution in [2.45, 2.75) is 56.8 Å². The molecule has 1 aromatic carbocycles. The van der Waals surface area contributed by atoms with E-state index in [-0.39, 0.29) is 10.9 Å². The van der Waals surface area contributed by atoms with Crippen molar-refractivity contribution in [2.75, 3.05) is 19.4 Å². The van der Waals surface area contributed by atoms with Crippen LogP contribution in [0.15, 0.2) is 64.4 Å². The molecular formula is C30H35BrN4O5SSi. The van der Waals surface area contributed by atoms with Crippen molar-refractivity contribution < 1.29 is 22.7 Å². The molecule has 4 aromatic rings. The fraction of sp³-hybridized carbons (Fsp3) is 0.367. The van der Waals surface area contributed by atoms with Crippen LogP contribution in [0.1, 0.15) is 18.4 Å². The third kappa shape index (κ3) is 6.93. The number of rotatable bonds is 11. The molecule has 1 saturated heterocycles. The van der Waals surface area contributed by atoms with Crippen molar-refractivity contribution in [1.82, 2.24) is 19.4 Å². The zero-order valence-corrected chi connectivity index (χ0v) is 27.7. The van der Waals surface area contributed by atoms with Gasteiger partial charge in [0.1, 0.15) is 18.2 Å². The molecule has 222 valence electrons. The van der Waals surface area contributed by atoms with Gasteiger partial charge in [0, 0.05) is 57.6 Å². The van der Waals surface area contributed by atoms with E-state index in [1.807, 2.05) is 35.2 Å². The van der Waals surface area contributed by atoms with Crippen LogP contribution in [-0.4, -0.2) is 61.2 Å². The molecule has 0 aliphatic carbocycles. The molecule has 1 amide bonds. The predicted octanol–water partition coefficient (Wildman–Crippen LogP) is 6.49. The molecule has 12 heteroatoms. The van der Waals surface area contributed by atoms with Gasteiger partial charge in [0.05, 0.1) is 27.6 Å². The van der Waals surface area contributed by atoms with Crippen LogP contribution in [-0.2, 0) is 32.6 Å². The van der Waals surface area contributed by atoms with Crippen molar-refractivity contribution in [3.8, 4) is 22.9 Å². The molecule has 0 spiro atoms. The molecule has 0 unspecified atom stereocenters. The average molecular weight is 672 g/mol. The zero-order chi connectivity index (χ0) is 30.1. The van der Waals surface area contributed by atoms with Crippen molar-refractivity contribution in [1.29, 1.82) is 0 Å². The van der Waals surface area contributed by atoms with Crippen molar-refractivity contribution >= 4 is 50.7 Å². The van der Waals surface area contributed by atoms with Gasteiger partial charge in [-0.25, -0.2) is 13.4 Å². The summed E-state index contributed by atoms with van der Waals surface area (Å²) >= 11 is 3.84. The first kappa shape index (κ1) is 30.4. The summed E-state index contributed by atoms with van der Waals surface area (Å²) in [7, 11) is -4.70. The third-order valence-corrected chi connectivity index (χ3v) is 10.7. The van der Waals surface area contributed by atoms with E-state index in [0.29, 0.717) is 44.3 Å². The third-order valence-electron chi connectivity index (χ3n) is 7.16. The second-order valence-corrected chi connectivity index (χ2v) is 20.1. The van der Waals surface area contributed by atoms with Crippen LogP contribution >= 0.6 is 15.9 Å². The number of fused-ring (bicyclic) bond motifs is 1. The van der Waals surface area contributed by atoms with E-state index >= 15 is 0 Å². The highest BCUT2D eigenvalue weighted by Gasteiger charge is 2.25. The Kier molecular flexibility index (Phi) is 8.88. The normalized spacial score (nSPS) is 14.2. The van der Waals surface area contributed by atoms with Crippen LogP contribution in [0, 0.1) is 0 Å². The lowest BCUT2D eigenvalue weighted by molar-refractivity contribution is -0.128. The first-order valence-corrected chi connectivity index (χ1v) is 20.3. The van der Waals surface area contributed by atoms with Crippen LogP contribution in [0.3, 0.4) is 0 Å². The average Bonchev–Trinajstić information content (AvgIpc) is 3.46. The van der Waals surface area contributed by atoms with Gasteiger partial charge in [0.2, 0.25) is 5.91 Å². The number of amides is 1. The predicted molar refractivity (Wildman–Crippen MR) is 169 cm³/mol. The molecule has 1 aliphatic rings. The van der Waals surface area contributed by atoms with Crippen molar-refractivity contribution in [2.24, 2.45) is 0 Å². The summed E-state index contributed by atoms with van der Waals surface area (Å²) in [4.78, 5) is 23.1. The Morgan fingerprint density at radius 2 is 1.90 bits per heavy atom. The Morgan fingerprint density at radius 1 is 1.10 bits per heavy atom. The number of halogens is 1. The highest BCUT2D eigenvalue weighted by atomic mass is 79.9. The zero-order valence-electron chi connectivity index (χ0n) is 24.3. The number of aromatic nitrogens is 3. The fourth-order valence-electron chi connectivity index (χ4n) is 4.87. The summed E-state index contributed by atoms with van der Waals surface area (Å²) in [6.45, 7) is 9.07. The molecule has 1 fully saturated rings. The molecular weight excluding hydrogens is 636 g/mol. The molecule has 0 atom stereocenters. The lowest BCUT2D eigenvalue weighted by Crippen LogP contribution is -2.24. The molecule has 0 saturated carbocycles. The van der Waals surface area contributed by atoms with Crippen molar-refractivity contribution in [3.05, 3.63) is 64.9 Å². The summed E-state index contributed by atoms with van der Waals surface area (Å²) in [5.74, 6) is 1.06. The lowest BCUT2D eigenvalue weighted by atomic mass is 10.1. The lowest BCUT2D eigenvalue weighted by Gasteiger charge is -2.20. The maximum absolute atomic E-state index is 12.6. The van der Waals surface area contributed by atoms with E-state index in [4.69, 9.17) is 9.47 Å². The van der Waals surface area contributed by atoms with E-state index in [1.165, 1.54) is 12.3 Å². The van der Waals surface area contributed by atoms with E-state index < -0.39 is 17.9 Å². The topological polar surface area (TPSA) is 104 Å². The molecule has 3 aromatic heterocycles. The number of sulfone groups is 1. The van der Waals surface area contributed by atoms with Crippen molar-refractivity contribution in [3.63, 3.8) is 0 Å². The van der Waals surface area contributed by atoms with Gasteiger partial charge in [-0.2, -0.15) is 0 Å². The number of hydrogen-bond donors (Lipinski definition) is 0. The Morgan fingerprint density at radius 3 is 2.52 bits per heavy atom. The summed E-state index contributed by atoms with van der Waals surface area (Å²) in [5, 5.41) is 0.874. The maximum Gasteiger partial charge on any atom is 0.222 e. The van der Waals surface area contributed by atoms with Gasteiger partial charge in [-0.15, -0.1) is 0 Å². The molecule has 42 heavy (non-hydrogen) atoms. The van der Waals surface area contributed by atoms with Crippen LogP contribution in [0.2, 0.25) is 25.7 Å². The Hall–Kier alpha value is -3.06. The van der Waals surface area contributed by atoms with Gasteiger partial charge in [-0.3, -0.25) is 9.78 Å². The SMILES string of the molecule is C[Si](C)(C)CCOCn1c(-c2ccccn2)c(Br)c2cc(Oc3ccc(S(C)(=O)=O)nc3)c(CN3CCCC3=O)cc21. The van der Waals surface area contributed by atoms with Gasteiger partial charge in [0.15, 0.2) is 14.9 Å². The molecule has 0 radical (unpaired) electrons. The van der Waals surface area contributed by atoms with E-state index in [9.17, 15) is 13.2 Å². The monoisotopic (exact) mass is 670 g/mol. The minimum atomic E-state index is -3.44. The van der Waals surface area contributed by atoms with E-state index in [2.05, 4.69) is 50.1 Å². The number of benzene rings is 1. The van der Waals surface area contributed by atoms with Gasteiger partial charge >= 0.3 is 0 Å². The maximum atomic E-state index is 12.6. The van der Waals surface area contributed by atoms with Crippen LogP contribution in [0.25, 0.3) is 22.3 Å². The van der Waals surface area contributed by atoms with Gasteiger partial charge in [-0.05, 0) is 64.8 Å². The first-order chi connectivity index (χ1) is 19.9. The molecule has 1 aliphatic heterocycles.